The Balaban J connectivity index is 1.46. The highest BCUT2D eigenvalue weighted by Crippen LogP contribution is 2.38. The van der Waals surface area contributed by atoms with E-state index in [1.54, 1.807) is 23.1 Å². The molecule has 0 spiro atoms. The van der Waals surface area contributed by atoms with Gasteiger partial charge in [0.15, 0.2) is 0 Å². The molecule has 2 heterocycles. The normalized spacial score (nSPS) is 18.6. The van der Waals surface area contributed by atoms with E-state index in [1.165, 1.54) is 11.8 Å². The van der Waals surface area contributed by atoms with Crippen molar-refractivity contribution in [3.63, 3.8) is 0 Å². The summed E-state index contributed by atoms with van der Waals surface area (Å²) in [4.78, 5) is 39.6. The number of carbonyl (C=O) groups is 3. The average molecular weight is 416 g/mol. The molecule has 6 nitrogen and oxygen atoms in total. The SMILES string of the molecule is O=C(C[C@@H]1Sc2ccc(Cl)cc2NC1=O)Nc1ccccc1N1CCCC1=O. The predicted molar refractivity (Wildman–Crippen MR) is 111 cm³/mol. The minimum absolute atomic E-state index is 0.0286. The van der Waals surface area contributed by atoms with Crippen molar-refractivity contribution >= 4 is 58.1 Å². The number of nitrogens with one attached hydrogen (secondary N) is 2. The second kappa shape index (κ2) is 7.85. The second-order valence-corrected chi connectivity index (χ2v) is 8.34. The Morgan fingerprint density at radius 1 is 1.25 bits per heavy atom. The minimum atomic E-state index is -0.533. The van der Waals surface area contributed by atoms with Crippen molar-refractivity contribution < 1.29 is 14.4 Å². The Hall–Kier alpha value is -2.51. The number of nitrogens with zero attached hydrogens (tertiary/aromatic N) is 1. The van der Waals surface area contributed by atoms with E-state index in [2.05, 4.69) is 10.6 Å². The van der Waals surface area contributed by atoms with Crippen LogP contribution in [0.25, 0.3) is 0 Å². The van der Waals surface area contributed by atoms with Crippen LogP contribution in [-0.4, -0.2) is 29.5 Å². The van der Waals surface area contributed by atoms with Crippen LogP contribution in [0.5, 0.6) is 0 Å². The molecule has 0 aliphatic carbocycles. The number of amides is 3. The smallest absolute Gasteiger partial charge is 0.238 e. The van der Waals surface area contributed by atoms with Gasteiger partial charge < -0.3 is 15.5 Å². The van der Waals surface area contributed by atoms with Crippen LogP contribution >= 0.6 is 23.4 Å². The number of anilines is 3. The number of hydrogen-bond acceptors (Lipinski definition) is 4. The van der Waals surface area contributed by atoms with Gasteiger partial charge in [-0.1, -0.05) is 23.7 Å². The molecule has 0 unspecified atom stereocenters. The maximum Gasteiger partial charge on any atom is 0.238 e. The second-order valence-electron chi connectivity index (χ2n) is 6.65. The largest absolute Gasteiger partial charge is 0.324 e. The van der Waals surface area contributed by atoms with Crippen LogP contribution in [-0.2, 0) is 14.4 Å². The molecule has 0 saturated carbocycles. The van der Waals surface area contributed by atoms with Crippen molar-refractivity contribution in [2.24, 2.45) is 0 Å². The van der Waals surface area contributed by atoms with Crippen LogP contribution in [0.2, 0.25) is 5.02 Å². The zero-order valence-corrected chi connectivity index (χ0v) is 16.5. The summed E-state index contributed by atoms with van der Waals surface area (Å²) in [7, 11) is 0. The first-order chi connectivity index (χ1) is 13.5. The molecule has 2 aromatic rings. The lowest BCUT2D eigenvalue weighted by molar-refractivity contribution is -0.120. The molecule has 3 amide bonds. The number of thioether (sulfide) groups is 1. The fourth-order valence-electron chi connectivity index (χ4n) is 3.34. The Morgan fingerprint density at radius 2 is 2.07 bits per heavy atom. The molecule has 28 heavy (non-hydrogen) atoms. The monoisotopic (exact) mass is 415 g/mol. The van der Waals surface area contributed by atoms with Gasteiger partial charge in [0.05, 0.1) is 22.3 Å². The number of fused-ring (bicyclic) bond motifs is 1. The van der Waals surface area contributed by atoms with E-state index < -0.39 is 5.25 Å². The number of para-hydroxylation sites is 2. The predicted octanol–water partition coefficient (Wildman–Crippen LogP) is 3.91. The zero-order chi connectivity index (χ0) is 19.7. The van der Waals surface area contributed by atoms with E-state index in [1.807, 2.05) is 24.3 Å². The van der Waals surface area contributed by atoms with Crippen molar-refractivity contribution in [2.75, 3.05) is 22.1 Å². The molecule has 8 heteroatoms. The van der Waals surface area contributed by atoms with E-state index in [0.717, 1.165) is 11.3 Å². The third kappa shape index (κ3) is 3.86. The fraction of sp³-hybridized carbons (Fsp3) is 0.250. The summed E-state index contributed by atoms with van der Waals surface area (Å²) in [5, 5.41) is 5.68. The summed E-state index contributed by atoms with van der Waals surface area (Å²) < 4.78 is 0. The molecule has 0 bridgehead atoms. The van der Waals surface area contributed by atoms with Gasteiger partial charge in [-0.3, -0.25) is 14.4 Å². The van der Waals surface area contributed by atoms with Gasteiger partial charge in [-0.15, -0.1) is 11.8 Å². The lowest BCUT2D eigenvalue weighted by atomic mass is 10.2. The molecule has 2 aliphatic heterocycles. The van der Waals surface area contributed by atoms with E-state index in [4.69, 9.17) is 11.6 Å². The summed E-state index contributed by atoms with van der Waals surface area (Å²) in [6.07, 6.45) is 1.36. The van der Waals surface area contributed by atoms with Gasteiger partial charge in [0.2, 0.25) is 17.7 Å². The number of hydrogen-bond donors (Lipinski definition) is 2. The Kier molecular flexibility index (Phi) is 5.28. The maximum absolute atomic E-state index is 12.6. The molecule has 144 valence electrons. The van der Waals surface area contributed by atoms with Crippen LogP contribution in [0.3, 0.4) is 0 Å². The summed E-state index contributed by atoms with van der Waals surface area (Å²) in [5.41, 5.74) is 1.94. The molecule has 1 atom stereocenters. The minimum Gasteiger partial charge on any atom is -0.324 e. The Morgan fingerprint density at radius 3 is 2.86 bits per heavy atom. The quantitative estimate of drug-likeness (QED) is 0.793. The van der Waals surface area contributed by atoms with Gasteiger partial charge in [-0.25, -0.2) is 0 Å². The molecule has 1 saturated heterocycles. The molecule has 0 aromatic heterocycles. The van der Waals surface area contributed by atoms with Crippen LogP contribution < -0.4 is 15.5 Å². The van der Waals surface area contributed by atoms with Gasteiger partial charge >= 0.3 is 0 Å². The van der Waals surface area contributed by atoms with Gasteiger partial charge in [0, 0.05) is 29.3 Å². The molecule has 2 N–H and O–H groups in total. The zero-order valence-electron chi connectivity index (χ0n) is 14.9. The van der Waals surface area contributed by atoms with Crippen molar-refractivity contribution in [1.29, 1.82) is 0 Å². The van der Waals surface area contributed by atoms with E-state index in [0.29, 0.717) is 35.1 Å². The fourth-order valence-corrected chi connectivity index (χ4v) is 4.61. The van der Waals surface area contributed by atoms with Crippen LogP contribution in [0.1, 0.15) is 19.3 Å². The number of benzene rings is 2. The van der Waals surface area contributed by atoms with E-state index in [9.17, 15) is 14.4 Å². The van der Waals surface area contributed by atoms with E-state index >= 15 is 0 Å². The number of carbonyl (C=O) groups excluding carboxylic acids is 3. The summed E-state index contributed by atoms with van der Waals surface area (Å²) in [6, 6.07) is 12.5. The standard InChI is InChI=1S/C20H18ClN3O3S/c21-12-7-8-16-14(10-12)23-20(27)17(28-16)11-18(25)22-13-4-1-2-5-15(13)24-9-3-6-19(24)26/h1-2,4-5,7-8,10,17H,3,6,9,11H2,(H,22,25)(H,23,27)/t17-/m0/s1. The highest BCUT2D eigenvalue weighted by atomic mass is 35.5. The molecular formula is C20H18ClN3O3S. The highest BCUT2D eigenvalue weighted by molar-refractivity contribution is 8.01. The maximum atomic E-state index is 12.6. The summed E-state index contributed by atoms with van der Waals surface area (Å²) >= 11 is 7.31. The van der Waals surface area contributed by atoms with Gasteiger partial charge in [0.1, 0.15) is 0 Å². The average Bonchev–Trinajstić information content (AvgIpc) is 3.09. The lowest BCUT2D eigenvalue weighted by Gasteiger charge is -2.24. The molecule has 0 radical (unpaired) electrons. The first kappa shape index (κ1) is 18.8. The van der Waals surface area contributed by atoms with Crippen molar-refractivity contribution in [1.82, 2.24) is 0 Å². The van der Waals surface area contributed by atoms with E-state index in [-0.39, 0.29) is 24.1 Å². The van der Waals surface area contributed by atoms with Crippen LogP contribution in [0.4, 0.5) is 17.1 Å². The highest BCUT2D eigenvalue weighted by Gasteiger charge is 2.30. The van der Waals surface area contributed by atoms with Crippen molar-refractivity contribution in [3.05, 3.63) is 47.5 Å². The van der Waals surface area contributed by atoms with Crippen molar-refractivity contribution in [3.8, 4) is 0 Å². The number of rotatable bonds is 4. The lowest BCUT2D eigenvalue weighted by Crippen LogP contribution is -2.33. The Bertz CT molecular complexity index is 965. The molecule has 4 rings (SSSR count). The molecule has 1 fully saturated rings. The molecule has 2 aliphatic rings. The van der Waals surface area contributed by atoms with Crippen LogP contribution in [0.15, 0.2) is 47.4 Å². The third-order valence-electron chi connectivity index (χ3n) is 4.67. The third-order valence-corrected chi connectivity index (χ3v) is 6.18. The Labute approximate surface area is 171 Å². The first-order valence-corrected chi connectivity index (χ1v) is 10.2. The molecular weight excluding hydrogens is 398 g/mol. The van der Waals surface area contributed by atoms with Crippen LogP contribution in [0, 0.1) is 0 Å². The summed E-state index contributed by atoms with van der Waals surface area (Å²) in [6.45, 7) is 0.645. The topological polar surface area (TPSA) is 78.5 Å². The first-order valence-electron chi connectivity index (χ1n) is 8.97. The number of halogens is 1. The van der Waals surface area contributed by atoms with Gasteiger partial charge in [-0.2, -0.15) is 0 Å². The van der Waals surface area contributed by atoms with Gasteiger partial charge in [0.25, 0.3) is 0 Å². The van der Waals surface area contributed by atoms with Crippen molar-refractivity contribution in [2.45, 2.75) is 29.4 Å². The molecule has 2 aromatic carbocycles. The van der Waals surface area contributed by atoms with Gasteiger partial charge in [-0.05, 0) is 36.8 Å². The summed E-state index contributed by atoms with van der Waals surface area (Å²) in [5.74, 6) is -0.443.